The molecule has 0 aliphatic heterocycles. The number of hydrogen-bond acceptors (Lipinski definition) is 6. The van der Waals surface area contributed by atoms with E-state index in [9.17, 15) is 13.2 Å². The van der Waals surface area contributed by atoms with Crippen molar-refractivity contribution in [3.05, 3.63) is 158 Å². The molecule has 9 rings (SSSR count). The molecule has 10 heteroatoms. The first-order valence-electron chi connectivity index (χ1n) is 19.5. The van der Waals surface area contributed by atoms with Gasteiger partial charge in [-0.15, -0.1) is 0 Å². The van der Waals surface area contributed by atoms with Crippen LogP contribution >= 0.6 is 0 Å². The minimum atomic E-state index is -4.34. The first-order chi connectivity index (χ1) is 28.6. The normalized spacial score (nSPS) is 13.4. The van der Waals surface area contributed by atoms with Crippen LogP contribution in [0.15, 0.2) is 158 Å². The van der Waals surface area contributed by atoms with E-state index in [1.165, 1.54) is 6.92 Å². The second-order valence-corrected chi connectivity index (χ2v) is 14.8. The molecule has 3 aromatic heterocycles. The van der Waals surface area contributed by atoms with Gasteiger partial charge in [-0.05, 0) is 49.2 Å². The summed E-state index contributed by atoms with van der Waals surface area (Å²) in [6, 6.07) is 50.4. The Balaban J connectivity index is 1.26. The van der Waals surface area contributed by atoms with Crippen molar-refractivity contribution in [3.63, 3.8) is 0 Å². The van der Waals surface area contributed by atoms with Crippen molar-refractivity contribution in [3.8, 4) is 68.3 Å². The Morgan fingerprint density at radius 1 is 0.390 bits per heavy atom. The fraction of sp³-hybridized carbons (Fsp3) is 0.143. The lowest BCUT2D eigenvalue weighted by Crippen LogP contribution is -2.31. The number of rotatable bonds is 9. The maximum Gasteiger partial charge on any atom is 0.391 e. The number of nitrogens with zero attached hydrogens (tertiary/aromatic N) is 7. The Kier molecular flexibility index (Phi) is 9.76. The predicted octanol–water partition coefficient (Wildman–Crippen LogP) is 12.6. The number of benzene rings is 6. The van der Waals surface area contributed by atoms with Crippen molar-refractivity contribution in [2.75, 3.05) is 0 Å². The summed E-state index contributed by atoms with van der Waals surface area (Å²) >= 11 is 0. The molecule has 0 aliphatic carbocycles. The third-order valence-corrected chi connectivity index (χ3v) is 11.2. The Morgan fingerprint density at radius 2 is 0.678 bits per heavy atom. The largest absolute Gasteiger partial charge is 0.391 e. The second kappa shape index (κ2) is 15.4. The van der Waals surface area contributed by atoms with Crippen molar-refractivity contribution in [1.82, 2.24) is 34.5 Å². The van der Waals surface area contributed by atoms with Gasteiger partial charge in [-0.3, -0.25) is 0 Å². The van der Waals surface area contributed by atoms with Crippen LogP contribution in [0.2, 0.25) is 0 Å². The number of fused-ring (bicyclic) bond motifs is 3. The van der Waals surface area contributed by atoms with Crippen LogP contribution in [-0.2, 0) is 0 Å². The molecule has 0 saturated carbocycles. The van der Waals surface area contributed by atoms with Crippen molar-refractivity contribution >= 4 is 21.8 Å². The van der Waals surface area contributed by atoms with Gasteiger partial charge in [0, 0.05) is 61.2 Å². The molecule has 0 fully saturated rings. The Bertz CT molecular complexity index is 2620. The van der Waals surface area contributed by atoms with Crippen LogP contribution in [0.3, 0.4) is 0 Å². The highest BCUT2D eigenvalue weighted by Gasteiger charge is 2.42. The van der Waals surface area contributed by atoms with Crippen molar-refractivity contribution in [2.24, 2.45) is 11.8 Å². The summed E-state index contributed by atoms with van der Waals surface area (Å²) in [6.07, 6.45) is -4.34. The van der Waals surface area contributed by atoms with Gasteiger partial charge in [0.2, 0.25) is 0 Å². The molecule has 6 aromatic carbocycles. The Labute approximate surface area is 339 Å². The summed E-state index contributed by atoms with van der Waals surface area (Å²) < 4.78 is 44.6. The molecule has 0 N–H and O–H groups in total. The highest BCUT2D eigenvalue weighted by Crippen LogP contribution is 2.42. The van der Waals surface area contributed by atoms with Crippen LogP contribution < -0.4 is 0 Å². The van der Waals surface area contributed by atoms with E-state index in [0.29, 0.717) is 34.9 Å². The molecule has 0 amide bonds. The van der Waals surface area contributed by atoms with E-state index in [1.54, 1.807) is 6.92 Å². The van der Waals surface area contributed by atoms with Crippen molar-refractivity contribution < 1.29 is 13.2 Å². The van der Waals surface area contributed by atoms with E-state index in [0.717, 1.165) is 55.2 Å². The van der Waals surface area contributed by atoms with Gasteiger partial charge in [0.25, 0.3) is 0 Å². The highest BCUT2D eigenvalue weighted by atomic mass is 19.4. The van der Waals surface area contributed by atoms with E-state index in [-0.39, 0.29) is 0 Å². The molecule has 0 spiro atoms. The van der Waals surface area contributed by atoms with Gasteiger partial charge in [-0.1, -0.05) is 135 Å². The first-order valence-corrected chi connectivity index (χ1v) is 19.5. The quantitative estimate of drug-likeness (QED) is 0.145. The molecule has 0 radical (unpaired) electrons. The smallest absolute Gasteiger partial charge is 0.337 e. The molecular formula is C49H38F3N7. The SMILES string of the molecule is CC([C@H](C)[C@H](C)n1c2ccc(-c3nc(-c4ccccc4)nc(-c4ccccc4)n3)cc2c2cc(-c3nc(-c4ccccc4)nc(-c4ccccc4)n3)ccc21)C(F)(F)F. The lowest BCUT2D eigenvalue weighted by Gasteiger charge is -2.30. The molecule has 3 heterocycles. The predicted molar refractivity (Wildman–Crippen MR) is 228 cm³/mol. The summed E-state index contributed by atoms with van der Waals surface area (Å²) in [5.41, 5.74) is 6.45. The summed E-state index contributed by atoms with van der Waals surface area (Å²) in [7, 11) is 0. The van der Waals surface area contributed by atoms with Crippen LogP contribution in [-0.4, -0.2) is 40.6 Å². The summed E-state index contributed by atoms with van der Waals surface area (Å²) in [5.74, 6) is 0.801. The van der Waals surface area contributed by atoms with Gasteiger partial charge < -0.3 is 4.57 Å². The zero-order valence-electron chi connectivity index (χ0n) is 32.5. The third kappa shape index (κ3) is 7.34. The van der Waals surface area contributed by atoms with E-state index in [2.05, 4.69) is 0 Å². The fourth-order valence-corrected chi connectivity index (χ4v) is 7.60. The van der Waals surface area contributed by atoms with Gasteiger partial charge in [-0.25, -0.2) is 29.9 Å². The Morgan fingerprint density at radius 3 is 0.966 bits per heavy atom. The molecule has 7 nitrogen and oxygen atoms in total. The van der Waals surface area contributed by atoms with Gasteiger partial charge in [0.1, 0.15) is 0 Å². The van der Waals surface area contributed by atoms with Crippen molar-refractivity contribution in [2.45, 2.75) is 33.0 Å². The molecule has 1 unspecified atom stereocenters. The summed E-state index contributed by atoms with van der Waals surface area (Å²) in [4.78, 5) is 29.6. The van der Waals surface area contributed by atoms with Gasteiger partial charge >= 0.3 is 6.18 Å². The number of aromatic nitrogens is 7. The molecular weight excluding hydrogens is 744 g/mol. The minimum Gasteiger partial charge on any atom is -0.337 e. The zero-order chi connectivity index (χ0) is 40.7. The number of hydrogen-bond donors (Lipinski definition) is 0. The van der Waals surface area contributed by atoms with E-state index in [4.69, 9.17) is 29.9 Å². The van der Waals surface area contributed by atoms with Crippen LogP contribution in [0.1, 0.15) is 26.8 Å². The molecule has 0 aliphatic rings. The number of halogens is 3. The number of alkyl halides is 3. The summed E-state index contributed by atoms with van der Waals surface area (Å²) in [5, 5.41) is 1.67. The molecule has 3 atom stereocenters. The highest BCUT2D eigenvalue weighted by molar-refractivity contribution is 6.10. The zero-order valence-corrected chi connectivity index (χ0v) is 32.5. The lowest BCUT2D eigenvalue weighted by molar-refractivity contribution is -0.185. The molecule has 59 heavy (non-hydrogen) atoms. The third-order valence-electron chi connectivity index (χ3n) is 11.2. The maximum atomic E-state index is 14.2. The van der Waals surface area contributed by atoms with Crippen LogP contribution in [0, 0.1) is 11.8 Å². The van der Waals surface area contributed by atoms with E-state index >= 15 is 0 Å². The standard InChI is InChI=1S/C49H38F3N7/c1-30(31(2)49(50,51)52)32(3)59-41-26-24-37(47-55-43(33-16-8-4-9-17-33)53-44(56-47)34-18-10-5-11-19-34)28-39(41)40-29-38(25-27-42(40)59)48-57-45(35-20-12-6-13-21-35)54-46(58-48)36-22-14-7-15-23-36/h4-32H,1-3H3/t30-,31?,32-/m0/s1. The van der Waals surface area contributed by atoms with Gasteiger partial charge in [0.05, 0.1) is 5.92 Å². The molecule has 9 aromatic rings. The average molecular weight is 782 g/mol. The van der Waals surface area contributed by atoms with Gasteiger partial charge in [0.15, 0.2) is 34.9 Å². The molecule has 0 saturated heterocycles. The average Bonchev–Trinajstić information content (AvgIpc) is 3.61. The first kappa shape index (κ1) is 37.5. The molecule has 0 bridgehead atoms. The Hall–Kier alpha value is -7.07. The monoisotopic (exact) mass is 781 g/mol. The van der Waals surface area contributed by atoms with Crippen LogP contribution in [0.5, 0.6) is 0 Å². The summed E-state index contributed by atoms with van der Waals surface area (Å²) in [6.45, 7) is 4.80. The van der Waals surface area contributed by atoms with Gasteiger partial charge in [-0.2, -0.15) is 13.2 Å². The lowest BCUT2D eigenvalue weighted by atomic mass is 9.89. The second-order valence-electron chi connectivity index (χ2n) is 14.8. The fourth-order valence-electron chi connectivity index (χ4n) is 7.60. The van der Waals surface area contributed by atoms with E-state index < -0.39 is 24.1 Å². The molecule has 290 valence electrons. The van der Waals surface area contributed by atoms with Crippen LogP contribution in [0.4, 0.5) is 13.2 Å². The minimum absolute atomic E-state index is 0.473. The topological polar surface area (TPSA) is 82.3 Å². The van der Waals surface area contributed by atoms with E-state index in [1.807, 2.05) is 169 Å². The van der Waals surface area contributed by atoms with Crippen molar-refractivity contribution in [1.29, 1.82) is 0 Å². The van der Waals surface area contributed by atoms with Crippen LogP contribution in [0.25, 0.3) is 90.1 Å². The maximum absolute atomic E-state index is 14.2.